The molecule has 3 aromatic carbocycles. The van der Waals surface area contributed by atoms with E-state index < -0.39 is 5.60 Å². The number of methoxy groups -OCH3 is 1. The highest BCUT2D eigenvalue weighted by Gasteiger charge is 2.37. The van der Waals surface area contributed by atoms with E-state index in [0.29, 0.717) is 5.75 Å². The lowest BCUT2D eigenvalue weighted by atomic mass is 9.83. The standard InChI is InChI=1S/C22H16F2O2/c1-25-20-10-11-21-15(14-20)12-13-22(26-21,16-2-6-18(23)7-3-16)17-4-8-19(24)9-5-17/h2-14H,1H3. The van der Waals surface area contributed by atoms with E-state index in [2.05, 4.69) is 0 Å². The molecule has 4 heteroatoms. The summed E-state index contributed by atoms with van der Waals surface area (Å²) in [5, 5.41) is 0. The number of hydrogen-bond donors (Lipinski definition) is 0. The Bertz CT molecular complexity index is 915. The fourth-order valence-corrected chi connectivity index (χ4v) is 3.16. The van der Waals surface area contributed by atoms with Crippen LogP contribution in [0.1, 0.15) is 16.7 Å². The molecule has 26 heavy (non-hydrogen) atoms. The predicted molar refractivity (Wildman–Crippen MR) is 96.2 cm³/mol. The van der Waals surface area contributed by atoms with E-state index in [1.165, 1.54) is 24.3 Å². The Labute approximate surface area is 150 Å². The Morgan fingerprint density at radius 3 is 1.92 bits per heavy atom. The van der Waals surface area contributed by atoms with E-state index in [-0.39, 0.29) is 11.6 Å². The molecule has 3 aromatic rings. The molecule has 1 heterocycles. The summed E-state index contributed by atoms with van der Waals surface area (Å²) in [5.74, 6) is 0.746. The third-order valence-corrected chi connectivity index (χ3v) is 4.53. The van der Waals surface area contributed by atoms with Crippen LogP contribution in [0.15, 0.2) is 72.8 Å². The molecule has 130 valence electrons. The third kappa shape index (κ3) is 2.73. The van der Waals surface area contributed by atoms with Crippen molar-refractivity contribution in [3.63, 3.8) is 0 Å². The summed E-state index contributed by atoms with van der Waals surface area (Å²) in [6.45, 7) is 0. The van der Waals surface area contributed by atoms with Crippen LogP contribution < -0.4 is 9.47 Å². The van der Waals surface area contributed by atoms with Gasteiger partial charge >= 0.3 is 0 Å². The average Bonchev–Trinajstić information content (AvgIpc) is 2.68. The minimum absolute atomic E-state index is 0.326. The van der Waals surface area contributed by atoms with Gasteiger partial charge in [-0.1, -0.05) is 30.3 Å². The van der Waals surface area contributed by atoms with E-state index >= 15 is 0 Å². The van der Waals surface area contributed by atoms with Crippen LogP contribution in [0.25, 0.3) is 6.08 Å². The molecule has 4 rings (SSSR count). The molecule has 0 amide bonds. The second-order valence-electron chi connectivity index (χ2n) is 6.09. The molecular formula is C22H16F2O2. The maximum atomic E-state index is 13.4. The minimum atomic E-state index is -0.969. The van der Waals surface area contributed by atoms with E-state index in [1.54, 1.807) is 31.4 Å². The summed E-state index contributed by atoms with van der Waals surface area (Å²) < 4.78 is 38.5. The van der Waals surface area contributed by atoms with Gasteiger partial charge in [-0.05, 0) is 48.5 Å². The Kier molecular flexibility index (Phi) is 3.96. The normalized spacial score (nSPS) is 14.4. The summed E-state index contributed by atoms with van der Waals surface area (Å²) in [5.41, 5.74) is 1.42. The van der Waals surface area contributed by atoms with Gasteiger partial charge in [0.05, 0.1) is 7.11 Å². The van der Waals surface area contributed by atoms with Crippen LogP contribution in [0, 0.1) is 11.6 Å². The van der Waals surface area contributed by atoms with Gasteiger partial charge in [-0.25, -0.2) is 8.78 Å². The molecule has 0 saturated carbocycles. The molecule has 0 bridgehead atoms. The molecule has 0 radical (unpaired) electrons. The second-order valence-corrected chi connectivity index (χ2v) is 6.09. The van der Waals surface area contributed by atoms with Crippen molar-refractivity contribution in [1.29, 1.82) is 0 Å². The van der Waals surface area contributed by atoms with Gasteiger partial charge in [-0.15, -0.1) is 0 Å². The van der Waals surface area contributed by atoms with Crippen molar-refractivity contribution in [2.24, 2.45) is 0 Å². The van der Waals surface area contributed by atoms with Crippen LogP contribution in [-0.2, 0) is 5.60 Å². The Balaban J connectivity index is 1.88. The molecule has 0 aromatic heterocycles. The zero-order valence-electron chi connectivity index (χ0n) is 14.1. The first-order valence-corrected chi connectivity index (χ1v) is 8.19. The van der Waals surface area contributed by atoms with Gasteiger partial charge in [-0.2, -0.15) is 0 Å². The maximum Gasteiger partial charge on any atom is 0.178 e. The molecule has 0 aliphatic carbocycles. The third-order valence-electron chi connectivity index (χ3n) is 4.53. The topological polar surface area (TPSA) is 18.5 Å². The zero-order chi connectivity index (χ0) is 18.1. The lowest BCUT2D eigenvalue weighted by Gasteiger charge is -2.36. The SMILES string of the molecule is COc1ccc2c(c1)C=CC(c1ccc(F)cc1)(c1ccc(F)cc1)O2. The Morgan fingerprint density at radius 2 is 1.38 bits per heavy atom. The van der Waals surface area contributed by atoms with Crippen molar-refractivity contribution in [2.45, 2.75) is 5.60 Å². The number of fused-ring (bicyclic) bond motifs is 1. The molecule has 2 nitrogen and oxygen atoms in total. The van der Waals surface area contributed by atoms with Gasteiger partial charge < -0.3 is 9.47 Å². The number of ether oxygens (including phenoxy) is 2. The molecule has 0 saturated heterocycles. The van der Waals surface area contributed by atoms with E-state index in [9.17, 15) is 8.78 Å². The van der Waals surface area contributed by atoms with E-state index in [4.69, 9.17) is 9.47 Å². The molecule has 0 N–H and O–H groups in total. The molecule has 0 fully saturated rings. The van der Waals surface area contributed by atoms with Gasteiger partial charge in [-0.3, -0.25) is 0 Å². The quantitative estimate of drug-likeness (QED) is 0.636. The predicted octanol–water partition coefficient (Wildman–Crippen LogP) is 5.32. The first kappa shape index (κ1) is 16.3. The largest absolute Gasteiger partial charge is 0.497 e. The number of halogens is 2. The fraction of sp³-hybridized carbons (Fsp3) is 0.0909. The smallest absolute Gasteiger partial charge is 0.178 e. The van der Waals surface area contributed by atoms with Crippen LogP contribution in [0.3, 0.4) is 0 Å². The van der Waals surface area contributed by atoms with Crippen molar-refractivity contribution < 1.29 is 18.3 Å². The van der Waals surface area contributed by atoms with E-state index in [0.717, 1.165) is 22.4 Å². The molecule has 1 aliphatic heterocycles. The molecule has 1 aliphatic rings. The van der Waals surface area contributed by atoms with Crippen molar-refractivity contribution in [1.82, 2.24) is 0 Å². The summed E-state index contributed by atoms with van der Waals surface area (Å²) in [7, 11) is 1.61. The zero-order valence-corrected chi connectivity index (χ0v) is 14.1. The van der Waals surface area contributed by atoms with Crippen molar-refractivity contribution in [2.75, 3.05) is 7.11 Å². The lowest BCUT2D eigenvalue weighted by molar-refractivity contribution is 0.160. The van der Waals surface area contributed by atoms with E-state index in [1.807, 2.05) is 30.4 Å². The highest BCUT2D eigenvalue weighted by Crippen LogP contribution is 2.42. The molecule has 0 spiro atoms. The van der Waals surface area contributed by atoms with Gasteiger partial charge in [0.25, 0.3) is 0 Å². The summed E-state index contributed by atoms with van der Waals surface area (Å²) in [4.78, 5) is 0. The summed E-state index contributed by atoms with van der Waals surface area (Å²) in [6, 6.07) is 17.8. The first-order chi connectivity index (χ1) is 12.6. The highest BCUT2D eigenvalue weighted by molar-refractivity contribution is 5.65. The lowest BCUT2D eigenvalue weighted by Crippen LogP contribution is -2.34. The molecule has 0 unspecified atom stereocenters. The monoisotopic (exact) mass is 350 g/mol. The first-order valence-electron chi connectivity index (χ1n) is 8.19. The summed E-state index contributed by atoms with van der Waals surface area (Å²) >= 11 is 0. The number of benzene rings is 3. The highest BCUT2D eigenvalue weighted by atomic mass is 19.1. The average molecular weight is 350 g/mol. The molecular weight excluding hydrogens is 334 g/mol. The van der Waals surface area contributed by atoms with Crippen LogP contribution in [0.5, 0.6) is 11.5 Å². The number of hydrogen-bond acceptors (Lipinski definition) is 2. The van der Waals surface area contributed by atoms with Crippen molar-refractivity contribution in [3.05, 3.63) is 101 Å². The Morgan fingerprint density at radius 1 is 0.808 bits per heavy atom. The van der Waals surface area contributed by atoms with Gasteiger partial charge in [0.2, 0.25) is 0 Å². The minimum Gasteiger partial charge on any atom is -0.497 e. The van der Waals surface area contributed by atoms with Gasteiger partial charge in [0.1, 0.15) is 23.1 Å². The van der Waals surface area contributed by atoms with Crippen molar-refractivity contribution in [3.8, 4) is 11.5 Å². The van der Waals surface area contributed by atoms with Crippen LogP contribution in [0.2, 0.25) is 0 Å². The van der Waals surface area contributed by atoms with Crippen molar-refractivity contribution >= 4 is 6.08 Å². The van der Waals surface area contributed by atoms with Crippen LogP contribution in [0.4, 0.5) is 8.78 Å². The second kappa shape index (κ2) is 6.30. The summed E-state index contributed by atoms with van der Waals surface area (Å²) in [6.07, 6.45) is 3.84. The maximum absolute atomic E-state index is 13.4. The van der Waals surface area contributed by atoms with Crippen LogP contribution in [-0.4, -0.2) is 7.11 Å². The number of rotatable bonds is 3. The molecule has 0 atom stereocenters. The van der Waals surface area contributed by atoms with Gasteiger partial charge in [0.15, 0.2) is 5.60 Å². The Hall–Kier alpha value is -3.14. The fourth-order valence-electron chi connectivity index (χ4n) is 3.16. The van der Waals surface area contributed by atoms with Gasteiger partial charge in [0, 0.05) is 16.7 Å². The van der Waals surface area contributed by atoms with Crippen LogP contribution >= 0.6 is 0 Å².